The molecule has 1 heteroatoms. The molecule has 0 unspecified atom stereocenters. The van der Waals surface area contributed by atoms with Crippen LogP contribution in [0.15, 0.2) is 150 Å². The molecule has 10 rings (SSSR count). The first-order valence-corrected chi connectivity index (χ1v) is 15.5. The lowest BCUT2D eigenvalue weighted by Crippen LogP contribution is -2.14. The van der Waals surface area contributed by atoms with E-state index in [-0.39, 0.29) is 51.1 Å². The predicted octanol–water partition coefficient (Wildman–Crippen LogP) is 12.7. The van der Waals surface area contributed by atoms with E-state index in [1.165, 1.54) is 5.56 Å². The average molecular weight is 595 g/mol. The fourth-order valence-corrected chi connectivity index (χ4v) is 7.82. The minimum Gasteiger partial charge on any atom is -0.455 e. The Morgan fingerprint density at radius 3 is 1.96 bits per heavy atom. The van der Waals surface area contributed by atoms with Gasteiger partial charge in [-0.1, -0.05) is 141 Å². The van der Waals surface area contributed by atoms with Crippen molar-refractivity contribution in [2.45, 2.75) is 19.3 Å². The third-order valence-corrected chi connectivity index (χ3v) is 9.90. The van der Waals surface area contributed by atoms with Crippen LogP contribution in [0.3, 0.4) is 0 Å². The molecule has 1 aliphatic carbocycles. The summed E-state index contributed by atoms with van der Waals surface area (Å²) < 4.78 is 80.0. The van der Waals surface area contributed by atoms with Crippen LogP contribution in [0.4, 0.5) is 0 Å². The second kappa shape index (κ2) is 9.19. The zero-order chi connectivity index (χ0) is 37.5. The zero-order valence-corrected chi connectivity index (χ0v) is 25.1. The molecular weight excluding hydrogens is 556 g/mol. The van der Waals surface area contributed by atoms with Crippen LogP contribution in [0.1, 0.15) is 35.9 Å². The average Bonchev–Trinajstić information content (AvgIpc) is 3.69. The van der Waals surface area contributed by atoms with Gasteiger partial charge in [0.25, 0.3) is 0 Å². The van der Waals surface area contributed by atoms with Crippen molar-refractivity contribution >= 4 is 54.3 Å². The molecule has 0 amide bonds. The minimum atomic E-state index is -0.431. The topological polar surface area (TPSA) is 13.1 Å². The van der Waals surface area contributed by atoms with Crippen molar-refractivity contribution in [3.63, 3.8) is 0 Å². The van der Waals surface area contributed by atoms with Crippen LogP contribution >= 0.6 is 0 Å². The molecule has 9 aromatic rings. The highest BCUT2D eigenvalue weighted by molar-refractivity contribution is 6.27. The lowest BCUT2D eigenvalue weighted by Gasteiger charge is -2.22. The van der Waals surface area contributed by atoms with E-state index < -0.39 is 24.2 Å². The van der Waals surface area contributed by atoms with Gasteiger partial charge in [0.2, 0.25) is 0 Å². The molecule has 8 aromatic carbocycles. The Labute approximate surface area is 278 Å². The first kappa shape index (κ1) is 19.0. The second-order valence-corrected chi connectivity index (χ2v) is 12.6. The summed E-state index contributed by atoms with van der Waals surface area (Å²) in [5, 5.41) is 4.11. The summed E-state index contributed by atoms with van der Waals surface area (Å²) in [4.78, 5) is 0. The molecule has 1 aromatic heterocycles. The molecule has 46 heavy (non-hydrogen) atoms. The van der Waals surface area contributed by atoms with Crippen molar-refractivity contribution < 1.29 is 15.4 Å². The van der Waals surface area contributed by atoms with E-state index >= 15 is 0 Å². The van der Waals surface area contributed by atoms with Crippen molar-refractivity contribution in [1.82, 2.24) is 0 Å². The molecule has 0 N–H and O–H groups in total. The van der Waals surface area contributed by atoms with E-state index in [0.29, 0.717) is 38.8 Å². The van der Waals surface area contributed by atoms with E-state index in [2.05, 4.69) is 26.0 Å². The van der Waals surface area contributed by atoms with Crippen LogP contribution in [-0.4, -0.2) is 0 Å². The molecule has 0 aliphatic heterocycles. The Balaban J connectivity index is 1.45. The van der Waals surface area contributed by atoms with E-state index in [9.17, 15) is 5.48 Å². The molecule has 0 bridgehead atoms. The smallest absolute Gasteiger partial charge is 0.143 e. The largest absolute Gasteiger partial charge is 0.455 e. The van der Waals surface area contributed by atoms with E-state index in [1.54, 1.807) is 0 Å². The monoisotopic (exact) mass is 594 g/mol. The quantitative estimate of drug-likeness (QED) is 0.181. The minimum absolute atomic E-state index is 0.178. The molecule has 1 nitrogen and oxygen atoms in total. The molecule has 216 valence electrons. The van der Waals surface area contributed by atoms with Crippen LogP contribution in [0.2, 0.25) is 0 Å². The standard InChI is InChI=1S/C45H30O/c1-45(2)38-20-10-9-14-30(38)37-26-28(23-25-39(37)45)41-31-15-5-7-17-33(31)42(34-18-8-6-16-32(34)41)35-19-11-21-40-43(35)36-24-22-27-12-3-4-13-29(27)44(36)46-40/h3-26H,1-2H3/i5D,6D,7D,8D,15D,16D,17D,18D. The SMILES string of the molecule is [2H]c1c([2H])c([2H])c2c(-c3cccc4oc5c6ccccc6ccc5c34)c3c([2H])c([2H])c([2H])c([2H])c3c(-c3ccc4c(c3)-c3ccccc3C4(C)C)c2c1[2H]. The number of fused-ring (bicyclic) bond motifs is 10. The van der Waals surface area contributed by atoms with Gasteiger partial charge in [0.15, 0.2) is 0 Å². The van der Waals surface area contributed by atoms with Crippen molar-refractivity contribution in [3.05, 3.63) is 157 Å². The summed E-state index contributed by atoms with van der Waals surface area (Å²) in [7, 11) is 0. The lowest BCUT2D eigenvalue weighted by molar-refractivity contribution is 0.660. The van der Waals surface area contributed by atoms with Crippen LogP contribution in [0, 0.1) is 0 Å². The van der Waals surface area contributed by atoms with Crippen molar-refractivity contribution in [2.75, 3.05) is 0 Å². The Kier molecular flexibility index (Phi) is 3.79. The van der Waals surface area contributed by atoms with Crippen LogP contribution < -0.4 is 0 Å². The number of furan rings is 1. The normalized spacial score (nSPS) is 16.0. The first-order valence-electron chi connectivity index (χ1n) is 19.5. The maximum atomic E-state index is 9.48. The fourth-order valence-electron chi connectivity index (χ4n) is 7.82. The molecule has 0 radical (unpaired) electrons. The van der Waals surface area contributed by atoms with Crippen LogP contribution in [0.25, 0.3) is 87.6 Å². The second-order valence-electron chi connectivity index (χ2n) is 12.6. The Hall–Kier alpha value is -5.66. The van der Waals surface area contributed by atoms with E-state index in [1.807, 2.05) is 84.9 Å². The predicted molar refractivity (Wildman–Crippen MR) is 195 cm³/mol. The number of benzene rings is 8. The highest BCUT2D eigenvalue weighted by Crippen LogP contribution is 2.52. The van der Waals surface area contributed by atoms with Crippen molar-refractivity contribution in [2.24, 2.45) is 0 Å². The summed E-state index contributed by atoms with van der Waals surface area (Å²) in [6, 6.07) is 28.7. The van der Waals surface area contributed by atoms with Gasteiger partial charge in [0.1, 0.15) is 11.2 Å². The maximum absolute atomic E-state index is 9.48. The van der Waals surface area contributed by atoms with Gasteiger partial charge < -0.3 is 4.42 Å². The maximum Gasteiger partial charge on any atom is 0.143 e. The lowest BCUT2D eigenvalue weighted by atomic mass is 9.81. The molecule has 1 heterocycles. The molecular formula is C45H30O. The van der Waals surface area contributed by atoms with Gasteiger partial charge in [-0.2, -0.15) is 0 Å². The third-order valence-electron chi connectivity index (χ3n) is 9.90. The van der Waals surface area contributed by atoms with Gasteiger partial charge in [-0.25, -0.2) is 0 Å². The highest BCUT2D eigenvalue weighted by atomic mass is 16.3. The third kappa shape index (κ3) is 3.35. The molecule has 1 aliphatic rings. The summed E-state index contributed by atoms with van der Waals surface area (Å²) in [5.74, 6) is 0. The molecule has 0 saturated heterocycles. The van der Waals surface area contributed by atoms with Gasteiger partial charge in [0, 0.05) is 21.6 Å². The summed E-state index contributed by atoms with van der Waals surface area (Å²) >= 11 is 0. The first-order chi connectivity index (χ1) is 25.9. The highest BCUT2D eigenvalue weighted by Gasteiger charge is 2.35. The molecule has 0 spiro atoms. The molecule has 0 atom stereocenters. The van der Waals surface area contributed by atoms with Crippen LogP contribution in [0.5, 0.6) is 0 Å². The number of rotatable bonds is 2. The Morgan fingerprint density at radius 1 is 0.522 bits per heavy atom. The number of hydrogen-bond donors (Lipinski definition) is 0. The molecule has 0 saturated carbocycles. The molecule has 0 fully saturated rings. The van der Waals surface area contributed by atoms with Gasteiger partial charge in [0.05, 0.1) is 11.0 Å². The fraction of sp³-hybridized carbons (Fsp3) is 0.0667. The van der Waals surface area contributed by atoms with Crippen molar-refractivity contribution in [3.8, 4) is 33.4 Å². The van der Waals surface area contributed by atoms with E-state index in [0.717, 1.165) is 32.8 Å². The van der Waals surface area contributed by atoms with Gasteiger partial charge in [-0.15, -0.1) is 0 Å². The summed E-state index contributed by atoms with van der Waals surface area (Å²) in [6.07, 6.45) is 0. The van der Waals surface area contributed by atoms with Gasteiger partial charge in [-0.05, 0) is 89.6 Å². The number of hydrogen-bond acceptors (Lipinski definition) is 1. The van der Waals surface area contributed by atoms with E-state index in [4.69, 9.17) is 9.90 Å². The Bertz CT molecular complexity index is 3090. The summed E-state index contributed by atoms with van der Waals surface area (Å²) in [5.41, 5.74) is 6.99. The van der Waals surface area contributed by atoms with Gasteiger partial charge in [-0.3, -0.25) is 0 Å². The van der Waals surface area contributed by atoms with Crippen LogP contribution in [-0.2, 0) is 5.41 Å². The summed E-state index contributed by atoms with van der Waals surface area (Å²) in [6.45, 7) is 4.35. The Morgan fingerprint density at radius 2 is 1.17 bits per heavy atom. The zero-order valence-electron chi connectivity index (χ0n) is 33.1. The van der Waals surface area contributed by atoms with Gasteiger partial charge >= 0.3 is 0 Å². The van der Waals surface area contributed by atoms with Crippen molar-refractivity contribution in [1.29, 1.82) is 0 Å².